The molecule has 0 atom stereocenters. The van der Waals surface area contributed by atoms with Crippen LogP contribution < -0.4 is 14.8 Å². The molecule has 1 heterocycles. The van der Waals surface area contributed by atoms with Crippen LogP contribution in [0.5, 0.6) is 11.5 Å². The van der Waals surface area contributed by atoms with Crippen LogP contribution in [0.3, 0.4) is 0 Å². The molecule has 110 valence electrons. The van der Waals surface area contributed by atoms with Crippen molar-refractivity contribution in [1.82, 2.24) is 0 Å². The fraction of sp³-hybridized carbons (Fsp3) is 0.333. The smallest absolute Gasteiger partial charge is 0.163 e. The molecule has 1 N–H and O–H groups in total. The number of aryl methyl sites for hydroxylation is 2. The Morgan fingerprint density at radius 1 is 0.952 bits per heavy atom. The van der Waals surface area contributed by atoms with E-state index >= 15 is 0 Å². The highest BCUT2D eigenvalue weighted by molar-refractivity contribution is 5.55. The van der Waals surface area contributed by atoms with Gasteiger partial charge in [-0.25, -0.2) is 0 Å². The summed E-state index contributed by atoms with van der Waals surface area (Å²) in [4.78, 5) is 0. The lowest BCUT2D eigenvalue weighted by atomic mass is 10.0. The van der Waals surface area contributed by atoms with Gasteiger partial charge in [0, 0.05) is 24.7 Å². The van der Waals surface area contributed by atoms with Crippen LogP contribution >= 0.6 is 0 Å². The van der Waals surface area contributed by atoms with Crippen molar-refractivity contribution in [3.05, 3.63) is 53.1 Å². The molecule has 0 amide bonds. The zero-order chi connectivity index (χ0) is 14.7. The van der Waals surface area contributed by atoms with Gasteiger partial charge in [0.05, 0.1) is 13.2 Å². The standard InChI is InChI=1S/C18H21NO2/c1-13-5-3-6-14(2)16(13)12-19-15-7-8-17-18(11-15)21-10-4-9-20-17/h3,5-8,11,19H,4,9-10,12H2,1-2H3. The van der Waals surface area contributed by atoms with Gasteiger partial charge in [0.2, 0.25) is 0 Å². The molecule has 0 unspecified atom stereocenters. The van der Waals surface area contributed by atoms with Crippen molar-refractivity contribution in [2.75, 3.05) is 18.5 Å². The molecule has 0 aliphatic carbocycles. The fourth-order valence-corrected chi connectivity index (χ4v) is 2.59. The van der Waals surface area contributed by atoms with Crippen molar-refractivity contribution in [3.8, 4) is 11.5 Å². The summed E-state index contributed by atoms with van der Waals surface area (Å²) in [6, 6.07) is 12.4. The predicted octanol–water partition coefficient (Wildman–Crippen LogP) is 4.08. The third kappa shape index (κ3) is 3.13. The van der Waals surface area contributed by atoms with Gasteiger partial charge < -0.3 is 14.8 Å². The van der Waals surface area contributed by atoms with Gasteiger partial charge in [0.15, 0.2) is 11.5 Å². The quantitative estimate of drug-likeness (QED) is 0.920. The lowest BCUT2D eigenvalue weighted by Gasteiger charge is -2.14. The molecule has 0 bridgehead atoms. The molecule has 0 saturated heterocycles. The predicted molar refractivity (Wildman–Crippen MR) is 85.3 cm³/mol. The van der Waals surface area contributed by atoms with Crippen molar-refractivity contribution in [2.24, 2.45) is 0 Å². The summed E-state index contributed by atoms with van der Waals surface area (Å²) < 4.78 is 11.4. The van der Waals surface area contributed by atoms with Crippen LogP contribution in [-0.4, -0.2) is 13.2 Å². The van der Waals surface area contributed by atoms with E-state index in [0.29, 0.717) is 6.61 Å². The molecule has 0 saturated carbocycles. The minimum absolute atomic E-state index is 0.716. The molecule has 0 fully saturated rings. The molecule has 1 aliphatic rings. The van der Waals surface area contributed by atoms with E-state index in [1.807, 2.05) is 18.2 Å². The van der Waals surface area contributed by atoms with Gasteiger partial charge in [-0.3, -0.25) is 0 Å². The van der Waals surface area contributed by atoms with Crippen molar-refractivity contribution >= 4 is 5.69 Å². The fourth-order valence-electron chi connectivity index (χ4n) is 2.59. The summed E-state index contributed by atoms with van der Waals surface area (Å²) in [6.45, 7) is 6.56. The lowest BCUT2D eigenvalue weighted by molar-refractivity contribution is 0.297. The number of rotatable bonds is 3. The number of hydrogen-bond acceptors (Lipinski definition) is 3. The van der Waals surface area contributed by atoms with E-state index in [9.17, 15) is 0 Å². The Labute approximate surface area is 125 Å². The second-order valence-electron chi connectivity index (χ2n) is 5.44. The summed E-state index contributed by atoms with van der Waals surface area (Å²) in [5.41, 5.74) is 5.04. The zero-order valence-corrected chi connectivity index (χ0v) is 12.6. The van der Waals surface area contributed by atoms with Crippen LogP contribution in [0, 0.1) is 13.8 Å². The molecular weight excluding hydrogens is 262 g/mol. The third-order valence-corrected chi connectivity index (χ3v) is 3.86. The Hall–Kier alpha value is -2.16. The third-order valence-electron chi connectivity index (χ3n) is 3.86. The van der Waals surface area contributed by atoms with E-state index in [1.165, 1.54) is 16.7 Å². The second kappa shape index (κ2) is 6.08. The minimum atomic E-state index is 0.716. The second-order valence-corrected chi connectivity index (χ2v) is 5.44. The first-order valence-corrected chi connectivity index (χ1v) is 7.42. The summed E-state index contributed by atoms with van der Waals surface area (Å²) in [5, 5.41) is 3.48. The topological polar surface area (TPSA) is 30.5 Å². The van der Waals surface area contributed by atoms with Crippen LogP contribution in [-0.2, 0) is 6.54 Å². The number of nitrogens with one attached hydrogen (secondary N) is 1. The van der Waals surface area contributed by atoms with Gasteiger partial charge in [-0.15, -0.1) is 0 Å². The molecule has 3 nitrogen and oxygen atoms in total. The number of benzene rings is 2. The number of hydrogen-bond donors (Lipinski definition) is 1. The van der Waals surface area contributed by atoms with Crippen molar-refractivity contribution in [2.45, 2.75) is 26.8 Å². The Balaban J connectivity index is 1.75. The van der Waals surface area contributed by atoms with Crippen LogP contribution in [0.4, 0.5) is 5.69 Å². The van der Waals surface area contributed by atoms with Gasteiger partial charge in [-0.05, 0) is 42.7 Å². The average Bonchev–Trinajstić information content (AvgIpc) is 2.71. The monoisotopic (exact) mass is 283 g/mol. The highest BCUT2D eigenvalue weighted by Crippen LogP contribution is 2.32. The molecule has 2 aromatic rings. The maximum atomic E-state index is 5.72. The normalized spacial score (nSPS) is 13.6. The summed E-state index contributed by atoms with van der Waals surface area (Å²) in [7, 11) is 0. The molecule has 21 heavy (non-hydrogen) atoms. The highest BCUT2D eigenvalue weighted by atomic mass is 16.5. The lowest BCUT2D eigenvalue weighted by Crippen LogP contribution is -2.03. The van der Waals surface area contributed by atoms with Gasteiger partial charge >= 0.3 is 0 Å². The molecule has 0 spiro atoms. The van der Waals surface area contributed by atoms with Crippen LogP contribution in [0.2, 0.25) is 0 Å². The van der Waals surface area contributed by atoms with Crippen molar-refractivity contribution < 1.29 is 9.47 Å². The maximum Gasteiger partial charge on any atom is 0.163 e. The summed E-state index contributed by atoms with van der Waals surface area (Å²) in [5.74, 6) is 1.67. The van der Waals surface area contributed by atoms with Crippen molar-refractivity contribution in [3.63, 3.8) is 0 Å². The summed E-state index contributed by atoms with van der Waals surface area (Å²) in [6.07, 6.45) is 0.930. The molecular formula is C18H21NO2. The Bertz CT molecular complexity index is 617. The van der Waals surface area contributed by atoms with E-state index in [0.717, 1.165) is 36.8 Å². The van der Waals surface area contributed by atoms with E-state index in [2.05, 4.69) is 37.4 Å². The van der Waals surface area contributed by atoms with Gasteiger partial charge in [-0.1, -0.05) is 18.2 Å². The number of fused-ring (bicyclic) bond motifs is 1. The first-order chi connectivity index (χ1) is 10.2. The van der Waals surface area contributed by atoms with Gasteiger partial charge in [0.1, 0.15) is 0 Å². The van der Waals surface area contributed by atoms with E-state index in [-0.39, 0.29) is 0 Å². The molecule has 0 aromatic heterocycles. The zero-order valence-electron chi connectivity index (χ0n) is 12.6. The van der Waals surface area contributed by atoms with Crippen LogP contribution in [0.25, 0.3) is 0 Å². The first kappa shape index (κ1) is 13.8. The first-order valence-electron chi connectivity index (χ1n) is 7.42. The molecule has 1 aliphatic heterocycles. The Morgan fingerprint density at radius 3 is 2.43 bits per heavy atom. The Kier molecular flexibility index (Phi) is 4.00. The number of ether oxygens (including phenoxy) is 2. The van der Waals surface area contributed by atoms with E-state index in [1.54, 1.807) is 0 Å². The van der Waals surface area contributed by atoms with Crippen molar-refractivity contribution in [1.29, 1.82) is 0 Å². The Morgan fingerprint density at radius 2 is 1.67 bits per heavy atom. The average molecular weight is 283 g/mol. The van der Waals surface area contributed by atoms with Gasteiger partial charge in [0.25, 0.3) is 0 Å². The van der Waals surface area contributed by atoms with Crippen LogP contribution in [0.1, 0.15) is 23.1 Å². The molecule has 3 heteroatoms. The van der Waals surface area contributed by atoms with E-state index < -0.39 is 0 Å². The minimum Gasteiger partial charge on any atom is -0.490 e. The highest BCUT2D eigenvalue weighted by Gasteiger charge is 2.10. The SMILES string of the molecule is Cc1cccc(C)c1CNc1ccc2c(c1)OCCCO2. The molecule has 2 aromatic carbocycles. The number of anilines is 1. The largest absolute Gasteiger partial charge is 0.490 e. The van der Waals surface area contributed by atoms with E-state index in [4.69, 9.17) is 9.47 Å². The van der Waals surface area contributed by atoms with Crippen LogP contribution in [0.15, 0.2) is 36.4 Å². The molecule has 3 rings (SSSR count). The van der Waals surface area contributed by atoms with Gasteiger partial charge in [-0.2, -0.15) is 0 Å². The maximum absolute atomic E-state index is 5.72. The summed E-state index contributed by atoms with van der Waals surface area (Å²) >= 11 is 0. The molecule has 0 radical (unpaired) electrons.